The molecule has 2 atom stereocenters. The lowest BCUT2D eigenvalue weighted by Gasteiger charge is -2.26. The number of rotatable bonds is 4. The van der Waals surface area contributed by atoms with Crippen LogP contribution in [0.4, 0.5) is 8.78 Å². The van der Waals surface area contributed by atoms with E-state index in [0.717, 1.165) is 0 Å². The molecule has 0 aliphatic carbocycles. The average Bonchev–Trinajstić information content (AvgIpc) is 2.10. The van der Waals surface area contributed by atoms with E-state index in [1.807, 2.05) is 0 Å². The van der Waals surface area contributed by atoms with Crippen molar-refractivity contribution < 1.29 is 18.7 Å². The van der Waals surface area contributed by atoms with Gasteiger partial charge in [-0.2, -0.15) is 0 Å². The summed E-state index contributed by atoms with van der Waals surface area (Å²) in [5.74, 6) is -0.540. The van der Waals surface area contributed by atoms with Crippen LogP contribution in [0.2, 0.25) is 0 Å². The molecule has 0 fully saturated rings. The van der Waals surface area contributed by atoms with Crippen LogP contribution in [0.25, 0.3) is 0 Å². The molecule has 0 rings (SSSR count). The van der Waals surface area contributed by atoms with Gasteiger partial charge in [0.1, 0.15) is 6.10 Å². The van der Waals surface area contributed by atoms with E-state index in [1.54, 1.807) is 20.8 Å². The second-order valence-corrected chi connectivity index (χ2v) is 4.49. The summed E-state index contributed by atoms with van der Waals surface area (Å²) in [5, 5.41) is 10.9. The number of nitrogens with one attached hydrogen (secondary N) is 1. The molecule has 4 N–H and O–H groups in total. The van der Waals surface area contributed by atoms with Gasteiger partial charge in [0.15, 0.2) is 0 Å². The zero-order valence-electron chi connectivity index (χ0n) is 9.13. The normalized spacial score (nSPS) is 16.3. The van der Waals surface area contributed by atoms with Gasteiger partial charge in [-0.1, -0.05) is 20.8 Å². The van der Waals surface area contributed by atoms with Gasteiger partial charge in [0.25, 0.3) is 6.43 Å². The molecule has 0 aliphatic rings. The van der Waals surface area contributed by atoms with Crippen LogP contribution in [0.3, 0.4) is 0 Å². The standard InChI is InChI=1S/C9H18F2N2O2/c1-9(2,3)6(12)8(15)13-4-5(14)7(10)11/h5-7,14H,4,12H2,1-3H3,(H,13,15)/t5?,6-/m0/s1. The molecule has 1 amide bonds. The minimum atomic E-state index is -2.86. The summed E-state index contributed by atoms with van der Waals surface area (Å²) in [5.41, 5.74) is 5.13. The lowest BCUT2D eigenvalue weighted by Crippen LogP contribution is -2.50. The molecule has 0 radical (unpaired) electrons. The van der Waals surface area contributed by atoms with Gasteiger partial charge in [0.2, 0.25) is 5.91 Å². The zero-order valence-corrected chi connectivity index (χ0v) is 9.13. The minimum Gasteiger partial charge on any atom is -0.385 e. The maximum atomic E-state index is 11.9. The third kappa shape index (κ3) is 5.03. The molecule has 1 unspecified atom stereocenters. The Hall–Kier alpha value is -0.750. The summed E-state index contributed by atoms with van der Waals surface area (Å²) in [7, 11) is 0. The highest BCUT2D eigenvalue weighted by atomic mass is 19.3. The number of nitrogens with two attached hydrogens (primary N) is 1. The monoisotopic (exact) mass is 224 g/mol. The molecule has 0 heterocycles. The Balaban J connectivity index is 4.05. The number of hydrogen-bond acceptors (Lipinski definition) is 3. The van der Waals surface area contributed by atoms with Gasteiger partial charge < -0.3 is 16.2 Å². The second-order valence-electron chi connectivity index (χ2n) is 4.49. The van der Waals surface area contributed by atoms with Crippen LogP contribution in [0, 0.1) is 5.41 Å². The number of halogens is 2. The minimum absolute atomic E-state index is 0.445. The van der Waals surface area contributed by atoms with Crippen molar-refractivity contribution in [2.24, 2.45) is 11.1 Å². The van der Waals surface area contributed by atoms with E-state index in [1.165, 1.54) is 0 Å². The van der Waals surface area contributed by atoms with E-state index in [0.29, 0.717) is 0 Å². The molecule has 0 bridgehead atoms. The topological polar surface area (TPSA) is 75.4 Å². The van der Waals surface area contributed by atoms with Crippen molar-refractivity contribution in [1.82, 2.24) is 5.32 Å². The van der Waals surface area contributed by atoms with E-state index >= 15 is 0 Å². The van der Waals surface area contributed by atoms with E-state index < -0.39 is 36.4 Å². The van der Waals surface area contributed by atoms with Crippen molar-refractivity contribution in [2.75, 3.05) is 6.54 Å². The summed E-state index contributed by atoms with van der Waals surface area (Å²) in [6.07, 6.45) is -4.71. The Morgan fingerprint density at radius 2 is 1.93 bits per heavy atom. The fourth-order valence-electron chi connectivity index (χ4n) is 0.797. The Bertz CT molecular complexity index is 217. The van der Waals surface area contributed by atoms with Crippen molar-refractivity contribution in [3.63, 3.8) is 0 Å². The first-order valence-corrected chi connectivity index (χ1v) is 4.65. The van der Waals surface area contributed by atoms with Gasteiger partial charge in [0, 0.05) is 6.54 Å². The molecule has 0 aromatic carbocycles. The van der Waals surface area contributed by atoms with Crippen LogP contribution in [0.15, 0.2) is 0 Å². The molecule has 0 aromatic heterocycles. The largest absolute Gasteiger partial charge is 0.385 e. The number of aliphatic hydroxyl groups is 1. The highest BCUT2D eigenvalue weighted by molar-refractivity contribution is 5.82. The quantitative estimate of drug-likeness (QED) is 0.634. The number of carbonyl (C=O) groups is 1. The summed E-state index contributed by atoms with van der Waals surface area (Å²) >= 11 is 0. The lowest BCUT2D eigenvalue weighted by atomic mass is 9.87. The van der Waals surface area contributed by atoms with Gasteiger partial charge in [0.05, 0.1) is 6.04 Å². The fraction of sp³-hybridized carbons (Fsp3) is 0.889. The third-order valence-corrected chi connectivity index (χ3v) is 1.99. The molecule has 0 saturated heterocycles. The lowest BCUT2D eigenvalue weighted by molar-refractivity contribution is -0.125. The maximum Gasteiger partial charge on any atom is 0.265 e. The Morgan fingerprint density at radius 1 is 1.47 bits per heavy atom. The first-order valence-electron chi connectivity index (χ1n) is 4.65. The van der Waals surface area contributed by atoms with Crippen molar-refractivity contribution in [3.05, 3.63) is 0 Å². The summed E-state index contributed by atoms with van der Waals surface area (Å²) in [6, 6.07) is -0.789. The molecular weight excluding hydrogens is 206 g/mol. The van der Waals surface area contributed by atoms with Gasteiger partial charge in [-0.3, -0.25) is 4.79 Å². The molecule has 0 spiro atoms. The molecule has 6 heteroatoms. The summed E-state index contributed by atoms with van der Waals surface area (Å²) < 4.78 is 23.8. The van der Waals surface area contributed by atoms with Crippen LogP contribution in [-0.4, -0.2) is 36.1 Å². The third-order valence-electron chi connectivity index (χ3n) is 1.99. The van der Waals surface area contributed by atoms with Crippen molar-refractivity contribution in [3.8, 4) is 0 Å². The van der Waals surface area contributed by atoms with Gasteiger partial charge in [-0.25, -0.2) is 8.78 Å². The summed E-state index contributed by atoms with van der Waals surface area (Å²) in [6.45, 7) is 4.81. The van der Waals surface area contributed by atoms with E-state index in [9.17, 15) is 13.6 Å². The van der Waals surface area contributed by atoms with Crippen molar-refractivity contribution >= 4 is 5.91 Å². The van der Waals surface area contributed by atoms with Crippen LogP contribution in [0.5, 0.6) is 0 Å². The number of carbonyl (C=O) groups excluding carboxylic acids is 1. The van der Waals surface area contributed by atoms with Gasteiger partial charge in [-0.05, 0) is 5.41 Å². The van der Waals surface area contributed by atoms with Crippen LogP contribution >= 0.6 is 0 Å². The maximum absolute atomic E-state index is 11.9. The number of alkyl halides is 2. The Morgan fingerprint density at radius 3 is 2.27 bits per heavy atom. The molecule has 15 heavy (non-hydrogen) atoms. The zero-order chi connectivity index (χ0) is 12.2. The predicted octanol–water partition coefficient (Wildman–Crippen LogP) is 0.102. The summed E-state index contributed by atoms with van der Waals surface area (Å²) in [4.78, 5) is 11.3. The van der Waals surface area contributed by atoms with E-state index in [-0.39, 0.29) is 0 Å². The number of amides is 1. The Labute approximate surface area is 87.8 Å². The van der Waals surface area contributed by atoms with Gasteiger partial charge >= 0.3 is 0 Å². The van der Waals surface area contributed by atoms with Gasteiger partial charge in [-0.15, -0.1) is 0 Å². The number of aliphatic hydroxyl groups excluding tert-OH is 1. The molecule has 4 nitrogen and oxygen atoms in total. The van der Waals surface area contributed by atoms with Crippen molar-refractivity contribution in [2.45, 2.75) is 39.3 Å². The SMILES string of the molecule is CC(C)(C)[C@@H](N)C(=O)NCC(O)C(F)F. The molecule has 0 aliphatic heterocycles. The predicted molar refractivity (Wildman–Crippen MR) is 52.5 cm³/mol. The second kappa shape index (κ2) is 5.37. The first-order chi connectivity index (χ1) is 6.66. The fourth-order valence-corrected chi connectivity index (χ4v) is 0.797. The van der Waals surface area contributed by atoms with E-state index in [2.05, 4.69) is 5.32 Å². The molecule has 0 saturated carbocycles. The highest BCUT2D eigenvalue weighted by Crippen LogP contribution is 2.17. The average molecular weight is 224 g/mol. The highest BCUT2D eigenvalue weighted by Gasteiger charge is 2.28. The Kier molecular flexibility index (Phi) is 5.10. The molecule has 90 valence electrons. The van der Waals surface area contributed by atoms with E-state index in [4.69, 9.17) is 10.8 Å². The number of hydrogen-bond donors (Lipinski definition) is 3. The van der Waals surface area contributed by atoms with Crippen molar-refractivity contribution in [1.29, 1.82) is 0 Å². The molecule has 0 aromatic rings. The van der Waals surface area contributed by atoms with Crippen LogP contribution in [0.1, 0.15) is 20.8 Å². The molecular formula is C9H18F2N2O2. The van der Waals surface area contributed by atoms with Crippen LogP contribution < -0.4 is 11.1 Å². The first kappa shape index (κ1) is 14.2. The van der Waals surface area contributed by atoms with Crippen LogP contribution in [-0.2, 0) is 4.79 Å². The smallest absolute Gasteiger partial charge is 0.265 e.